The molecular formula is C19H20N2O4S. The van der Waals surface area contributed by atoms with Gasteiger partial charge in [-0.25, -0.2) is 4.79 Å². The number of carbonyl (C=O) groups is 1. The summed E-state index contributed by atoms with van der Waals surface area (Å²) in [5, 5.41) is 9.81. The molecule has 0 aliphatic heterocycles. The Bertz CT molecular complexity index is 996. The standard InChI is InChI=1S/C19H20N2O4S/c1-4-25-18(23)13-5-7-15(8-6-13)21-11(2)9-14(12(21)3)10-16-17(22)20-19(24)26-16/h5-9,22H,4,10H2,1-3H3,(H,20,24). The van der Waals surface area contributed by atoms with Crippen LogP contribution in [0.1, 0.15) is 39.1 Å². The molecule has 26 heavy (non-hydrogen) atoms. The zero-order valence-electron chi connectivity index (χ0n) is 14.8. The molecule has 7 heteroatoms. The first-order valence-electron chi connectivity index (χ1n) is 8.27. The largest absolute Gasteiger partial charge is 0.494 e. The van der Waals surface area contributed by atoms with E-state index in [0.717, 1.165) is 34.0 Å². The van der Waals surface area contributed by atoms with Crippen LogP contribution >= 0.6 is 11.3 Å². The average Bonchev–Trinajstić information content (AvgIpc) is 3.06. The SMILES string of the molecule is CCOC(=O)c1ccc(-n2c(C)cc(Cc3sc(=O)[nH]c3O)c2C)cc1. The third-order valence-corrected chi connectivity index (χ3v) is 5.10. The Balaban J connectivity index is 1.91. The minimum atomic E-state index is -0.335. The van der Waals surface area contributed by atoms with E-state index in [-0.39, 0.29) is 16.7 Å². The van der Waals surface area contributed by atoms with Gasteiger partial charge in [0, 0.05) is 23.5 Å². The number of benzene rings is 1. The molecule has 3 aromatic rings. The lowest BCUT2D eigenvalue weighted by Gasteiger charge is -2.11. The molecule has 0 saturated carbocycles. The summed E-state index contributed by atoms with van der Waals surface area (Å²) in [5.41, 5.74) is 4.53. The lowest BCUT2D eigenvalue weighted by atomic mass is 10.1. The second-order valence-electron chi connectivity index (χ2n) is 5.96. The third-order valence-electron chi connectivity index (χ3n) is 4.22. The van der Waals surface area contributed by atoms with Crippen LogP contribution < -0.4 is 4.87 Å². The van der Waals surface area contributed by atoms with Crippen LogP contribution in [0.2, 0.25) is 0 Å². The number of aromatic hydroxyl groups is 1. The molecule has 0 radical (unpaired) electrons. The van der Waals surface area contributed by atoms with Gasteiger partial charge < -0.3 is 14.4 Å². The van der Waals surface area contributed by atoms with Crippen LogP contribution in [-0.2, 0) is 11.2 Å². The van der Waals surface area contributed by atoms with Crippen molar-refractivity contribution in [2.45, 2.75) is 27.2 Å². The number of thiazole rings is 1. The summed E-state index contributed by atoms with van der Waals surface area (Å²) >= 11 is 1.02. The molecule has 6 nitrogen and oxygen atoms in total. The van der Waals surface area contributed by atoms with Gasteiger partial charge in [-0.2, -0.15) is 0 Å². The molecule has 0 saturated heterocycles. The summed E-state index contributed by atoms with van der Waals surface area (Å²) in [4.78, 5) is 25.9. The maximum Gasteiger partial charge on any atom is 0.338 e. The van der Waals surface area contributed by atoms with Gasteiger partial charge in [-0.15, -0.1) is 0 Å². The van der Waals surface area contributed by atoms with Crippen LogP contribution in [0.25, 0.3) is 5.69 Å². The van der Waals surface area contributed by atoms with Crippen LogP contribution in [0.3, 0.4) is 0 Å². The van der Waals surface area contributed by atoms with Crippen molar-refractivity contribution in [1.82, 2.24) is 9.55 Å². The molecule has 0 aliphatic carbocycles. The number of aryl methyl sites for hydroxylation is 1. The smallest absolute Gasteiger partial charge is 0.338 e. The zero-order valence-corrected chi connectivity index (χ0v) is 15.6. The Hall–Kier alpha value is -2.80. The second-order valence-corrected chi connectivity index (χ2v) is 7.03. The predicted molar refractivity (Wildman–Crippen MR) is 101 cm³/mol. The minimum Gasteiger partial charge on any atom is -0.494 e. The van der Waals surface area contributed by atoms with Crippen molar-refractivity contribution in [3.05, 3.63) is 67.4 Å². The van der Waals surface area contributed by atoms with Gasteiger partial charge >= 0.3 is 10.8 Å². The van der Waals surface area contributed by atoms with Crippen LogP contribution in [0.5, 0.6) is 5.88 Å². The van der Waals surface area contributed by atoms with E-state index in [1.54, 1.807) is 19.1 Å². The van der Waals surface area contributed by atoms with Crippen LogP contribution in [0.15, 0.2) is 35.1 Å². The lowest BCUT2D eigenvalue weighted by molar-refractivity contribution is 0.0526. The Morgan fingerprint density at radius 1 is 1.27 bits per heavy atom. The monoisotopic (exact) mass is 372 g/mol. The highest BCUT2D eigenvalue weighted by molar-refractivity contribution is 7.09. The number of rotatable bonds is 5. The Morgan fingerprint density at radius 3 is 2.54 bits per heavy atom. The van der Waals surface area contributed by atoms with Crippen molar-refractivity contribution < 1.29 is 14.6 Å². The normalized spacial score (nSPS) is 10.9. The maximum atomic E-state index is 11.8. The highest BCUT2D eigenvalue weighted by atomic mass is 32.1. The number of hydrogen-bond acceptors (Lipinski definition) is 5. The number of nitrogens with zero attached hydrogens (tertiary/aromatic N) is 1. The first-order chi connectivity index (χ1) is 12.4. The molecule has 1 aromatic carbocycles. The van der Waals surface area contributed by atoms with Gasteiger partial charge in [0.05, 0.1) is 17.0 Å². The molecule has 0 aliphatic rings. The van der Waals surface area contributed by atoms with Gasteiger partial charge in [0.2, 0.25) is 5.88 Å². The van der Waals surface area contributed by atoms with E-state index >= 15 is 0 Å². The Morgan fingerprint density at radius 2 is 1.96 bits per heavy atom. The number of hydrogen-bond donors (Lipinski definition) is 2. The predicted octanol–water partition coefficient (Wildman–Crippen LogP) is 3.32. The van der Waals surface area contributed by atoms with Crippen molar-refractivity contribution in [3.63, 3.8) is 0 Å². The quantitative estimate of drug-likeness (QED) is 0.673. The van der Waals surface area contributed by atoms with Crippen molar-refractivity contribution >= 4 is 17.3 Å². The number of nitrogens with one attached hydrogen (secondary N) is 1. The average molecular weight is 372 g/mol. The molecule has 0 amide bonds. The number of ether oxygens (including phenoxy) is 1. The van der Waals surface area contributed by atoms with Crippen LogP contribution in [0, 0.1) is 13.8 Å². The highest BCUT2D eigenvalue weighted by Crippen LogP contribution is 2.26. The van der Waals surface area contributed by atoms with Crippen molar-refractivity contribution in [2.75, 3.05) is 6.61 Å². The van der Waals surface area contributed by atoms with E-state index in [0.29, 0.717) is 23.5 Å². The van der Waals surface area contributed by atoms with Gasteiger partial charge in [0.15, 0.2) is 0 Å². The third kappa shape index (κ3) is 3.43. The molecular weight excluding hydrogens is 352 g/mol. The number of esters is 1. The van der Waals surface area contributed by atoms with E-state index < -0.39 is 0 Å². The maximum absolute atomic E-state index is 11.8. The first-order valence-corrected chi connectivity index (χ1v) is 9.08. The molecule has 2 N–H and O–H groups in total. The zero-order chi connectivity index (χ0) is 18.8. The molecule has 0 unspecified atom stereocenters. The van der Waals surface area contributed by atoms with Gasteiger partial charge in [0.1, 0.15) is 0 Å². The number of carbonyl (C=O) groups excluding carboxylic acids is 1. The summed E-state index contributed by atoms with van der Waals surface area (Å²) < 4.78 is 7.09. The fourth-order valence-electron chi connectivity index (χ4n) is 3.01. The molecule has 0 spiro atoms. The summed E-state index contributed by atoms with van der Waals surface area (Å²) in [6.45, 7) is 6.11. The number of aromatic amines is 1. The van der Waals surface area contributed by atoms with Crippen molar-refractivity contribution in [1.29, 1.82) is 0 Å². The summed E-state index contributed by atoms with van der Waals surface area (Å²) in [7, 11) is 0. The Labute approximate surface area is 154 Å². The number of aromatic nitrogens is 2. The van der Waals surface area contributed by atoms with E-state index in [1.807, 2.05) is 32.0 Å². The molecule has 2 heterocycles. The summed E-state index contributed by atoms with van der Waals surface area (Å²) in [6, 6.07) is 9.29. The molecule has 3 rings (SSSR count). The fourth-order valence-corrected chi connectivity index (χ4v) is 3.76. The lowest BCUT2D eigenvalue weighted by Crippen LogP contribution is -2.05. The molecule has 0 fully saturated rings. The van der Waals surface area contributed by atoms with Gasteiger partial charge in [-0.3, -0.25) is 9.78 Å². The first kappa shape index (κ1) is 18.0. The molecule has 0 atom stereocenters. The van der Waals surface area contributed by atoms with E-state index in [4.69, 9.17) is 4.74 Å². The van der Waals surface area contributed by atoms with Gasteiger partial charge in [-0.1, -0.05) is 11.3 Å². The second kappa shape index (κ2) is 7.21. The van der Waals surface area contributed by atoms with Crippen LogP contribution in [-0.4, -0.2) is 27.2 Å². The minimum absolute atomic E-state index is 0.0661. The highest BCUT2D eigenvalue weighted by Gasteiger charge is 2.15. The molecule has 2 aromatic heterocycles. The van der Waals surface area contributed by atoms with E-state index in [9.17, 15) is 14.7 Å². The van der Waals surface area contributed by atoms with Gasteiger partial charge in [-0.05, 0) is 56.7 Å². The van der Waals surface area contributed by atoms with Gasteiger partial charge in [0.25, 0.3) is 0 Å². The van der Waals surface area contributed by atoms with Crippen molar-refractivity contribution in [2.24, 2.45) is 0 Å². The van der Waals surface area contributed by atoms with E-state index in [1.165, 1.54) is 0 Å². The van der Waals surface area contributed by atoms with E-state index in [2.05, 4.69) is 9.55 Å². The van der Waals surface area contributed by atoms with Crippen LogP contribution in [0.4, 0.5) is 0 Å². The number of H-pyrrole nitrogens is 1. The topological polar surface area (TPSA) is 84.3 Å². The Kier molecular flexibility index (Phi) is 4.99. The molecule has 0 bridgehead atoms. The summed E-state index contributed by atoms with van der Waals surface area (Å²) in [5.74, 6) is -0.401. The van der Waals surface area contributed by atoms with Crippen molar-refractivity contribution in [3.8, 4) is 11.6 Å². The molecule has 136 valence electrons. The fraction of sp³-hybridized carbons (Fsp3) is 0.263. The summed E-state index contributed by atoms with van der Waals surface area (Å²) in [6.07, 6.45) is 0.482.